The van der Waals surface area contributed by atoms with Crippen molar-refractivity contribution in [1.29, 1.82) is 0 Å². The first-order chi connectivity index (χ1) is 13.1. The second-order valence-corrected chi connectivity index (χ2v) is 7.87. The highest BCUT2D eigenvalue weighted by atomic mass is 32.2. The SMILES string of the molecule is Cc1ccccc1-n1cnnc1S[C@H](C)C(=O)c1c(C)[nH]c2ccccc12. The summed E-state index contributed by atoms with van der Waals surface area (Å²) >= 11 is 1.43. The van der Waals surface area contributed by atoms with E-state index in [-0.39, 0.29) is 11.0 Å². The number of nitrogens with one attached hydrogen (secondary N) is 1. The van der Waals surface area contributed by atoms with Crippen molar-refractivity contribution in [2.45, 2.75) is 31.2 Å². The van der Waals surface area contributed by atoms with Gasteiger partial charge in [-0.15, -0.1) is 10.2 Å². The lowest BCUT2D eigenvalue weighted by molar-refractivity contribution is 0.0995. The number of ketones is 1. The smallest absolute Gasteiger partial charge is 0.196 e. The molecule has 4 aromatic rings. The van der Waals surface area contributed by atoms with Crippen molar-refractivity contribution in [2.24, 2.45) is 0 Å². The number of aromatic amines is 1. The van der Waals surface area contributed by atoms with Gasteiger partial charge in [0.25, 0.3) is 0 Å². The molecule has 1 atom stereocenters. The number of aromatic nitrogens is 4. The zero-order valence-electron chi connectivity index (χ0n) is 15.4. The number of carbonyl (C=O) groups is 1. The molecule has 4 rings (SSSR count). The molecule has 0 aliphatic heterocycles. The Labute approximate surface area is 161 Å². The maximum absolute atomic E-state index is 13.2. The Bertz CT molecular complexity index is 1130. The zero-order chi connectivity index (χ0) is 19.0. The van der Waals surface area contributed by atoms with Crippen LogP contribution in [0.2, 0.25) is 0 Å². The van der Waals surface area contributed by atoms with Crippen LogP contribution >= 0.6 is 11.8 Å². The van der Waals surface area contributed by atoms with Crippen LogP contribution in [0.25, 0.3) is 16.6 Å². The van der Waals surface area contributed by atoms with Crippen LogP contribution in [0.1, 0.15) is 28.5 Å². The van der Waals surface area contributed by atoms with Crippen molar-refractivity contribution in [3.63, 3.8) is 0 Å². The third-order valence-electron chi connectivity index (χ3n) is 4.68. The van der Waals surface area contributed by atoms with Crippen LogP contribution < -0.4 is 0 Å². The first kappa shape index (κ1) is 17.5. The second-order valence-electron chi connectivity index (χ2n) is 6.56. The van der Waals surface area contributed by atoms with Gasteiger partial charge in [-0.25, -0.2) is 0 Å². The molecule has 6 heteroatoms. The van der Waals surface area contributed by atoms with E-state index in [0.29, 0.717) is 5.16 Å². The van der Waals surface area contributed by atoms with Crippen molar-refractivity contribution in [2.75, 3.05) is 0 Å². The number of nitrogens with zero attached hydrogens (tertiary/aromatic N) is 3. The van der Waals surface area contributed by atoms with Crippen LogP contribution in [0.15, 0.2) is 60.0 Å². The number of Topliss-reactive ketones (excluding diaryl/α,β-unsaturated/α-hetero) is 1. The van der Waals surface area contributed by atoms with Gasteiger partial charge in [0.05, 0.1) is 10.9 Å². The van der Waals surface area contributed by atoms with E-state index < -0.39 is 0 Å². The molecule has 0 bridgehead atoms. The molecule has 0 unspecified atom stereocenters. The quantitative estimate of drug-likeness (QED) is 0.404. The van der Waals surface area contributed by atoms with Gasteiger partial charge < -0.3 is 4.98 Å². The lowest BCUT2D eigenvalue weighted by Crippen LogP contribution is -2.15. The second kappa shape index (κ2) is 7.04. The molecule has 0 aliphatic rings. The number of rotatable bonds is 5. The van der Waals surface area contributed by atoms with Gasteiger partial charge in [-0.1, -0.05) is 48.2 Å². The zero-order valence-corrected chi connectivity index (χ0v) is 16.2. The first-order valence-electron chi connectivity index (χ1n) is 8.80. The number of para-hydroxylation sites is 2. The third kappa shape index (κ3) is 3.17. The molecule has 2 aromatic heterocycles. The molecule has 2 aromatic carbocycles. The predicted octanol–water partition coefficient (Wildman–Crippen LogP) is 4.73. The minimum absolute atomic E-state index is 0.0919. The average Bonchev–Trinajstić information content (AvgIpc) is 3.24. The fraction of sp³-hybridized carbons (Fsp3) is 0.190. The van der Waals surface area contributed by atoms with E-state index in [1.54, 1.807) is 6.33 Å². The maximum atomic E-state index is 13.2. The Morgan fingerprint density at radius 1 is 1.11 bits per heavy atom. The summed E-state index contributed by atoms with van der Waals surface area (Å²) in [6.07, 6.45) is 1.69. The van der Waals surface area contributed by atoms with Gasteiger partial charge in [-0.3, -0.25) is 9.36 Å². The summed E-state index contributed by atoms with van der Waals surface area (Å²) in [6.45, 7) is 5.92. The Kier molecular flexibility index (Phi) is 4.58. The van der Waals surface area contributed by atoms with E-state index in [2.05, 4.69) is 15.2 Å². The predicted molar refractivity (Wildman–Crippen MR) is 109 cm³/mol. The fourth-order valence-corrected chi connectivity index (χ4v) is 4.21. The van der Waals surface area contributed by atoms with Crippen LogP contribution in [-0.4, -0.2) is 30.8 Å². The molecule has 0 amide bonds. The minimum Gasteiger partial charge on any atom is -0.358 e. The average molecular weight is 376 g/mol. The van der Waals surface area contributed by atoms with E-state index in [9.17, 15) is 4.79 Å². The van der Waals surface area contributed by atoms with Gasteiger partial charge in [-0.2, -0.15) is 0 Å². The number of benzene rings is 2. The highest BCUT2D eigenvalue weighted by molar-refractivity contribution is 8.00. The molecule has 27 heavy (non-hydrogen) atoms. The van der Waals surface area contributed by atoms with Crippen LogP contribution in [0, 0.1) is 13.8 Å². The van der Waals surface area contributed by atoms with E-state index in [1.165, 1.54) is 11.8 Å². The third-order valence-corrected chi connectivity index (χ3v) is 5.74. The number of hydrogen-bond donors (Lipinski definition) is 1. The minimum atomic E-state index is -0.283. The number of hydrogen-bond acceptors (Lipinski definition) is 4. The lowest BCUT2D eigenvalue weighted by Gasteiger charge is -2.13. The van der Waals surface area contributed by atoms with Gasteiger partial charge in [0.2, 0.25) is 0 Å². The summed E-state index contributed by atoms with van der Waals surface area (Å²) in [4.78, 5) is 16.5. The normalized spacial score (nSPS) is 12.4. The van der Waals surface area contributed by atoms with Crippen LogP contribution in [0.4, 0.5) is 0 Å². The van der Waals surface area contributed by atoms with Crippen LogP contribution in [0.5, 0.6) is 0 Å². The molecule has 0 saturated heterocycles. The number of carbonyl (C=O) groups excluding carboxylic acids is 1. The van der Waals surface area contributed by atoms with Crippen molar-refractivity contribution < 1.29 is 4.79 Å². The maximum Gasteiger partial charge on any atom is 0.196 e. The molecule has 2 heterocycles. The molecule has 1 N–H and O–H groups in total. The molecule has 136 valence electrons. The molecule has 0 fully saturated rings. The van der Waals surface area contributed by atoms with Crippen LogP contribution in [0.3, 0.4) is 0 Å². The fourth-order valence-electron chi connectivity index (χ4n) is 3.31. The van der Waals surface area contributed by atoms with Crippen molar-refractivity contribution in [1.82, 2.24) is 19.7 Å². The number of aryl methyl sites for hydroxylation is 2. The van der Waals surface area contributed by atoms with Gasteiger partial charge in [0, 0.05) is 22.2 Å². The lowest BCUT2D eigenvalue weighted by atomic mass is 10.1. The Hall–Kier alpha value is -2.86. The van der Waals surface area contributed by atoms with E-state index in [0.717, 1.165) is 33.4 Å². The van der Waals surface area contributed by atoms with Gasteiger partial charge in [0.15, 0.2) is 10.9 Å². The Morgan fingerprint density at radius 2 is 1.85 bits per heavy atom. The summed E-state index contributed by atoms with van der Waals surface area (Å²) in [7, 11) is 0. The molecule has 0 aliphatic carbocycles. The van der Waals surface area contributed by atoms with E-state index in [4.69, 9.17) is 0 Å². The molecular weight excluding hydrogens is 356 g/mol. The summed E-state index contributed by atoms with van der Waals surface area (Å²) in [6, 6.07) is 16.0. The van der Waals surface area contributed by atoms with Gasteiger partial charge in [0.1, 0.15) is 6.33 Å². The topological polar surface area (TPSA) is 63.6 Å². The Morgan fingerprint density at radius 3 is 2.67 bits per heavy atom. The molecule has 0 radical (unpaired) electrons. The highest BCUT2D eigenvalue weighted by Crippen LogP contribution is 2.30. The number of thioether (sulfide) groups is 1. The summed E-state index contributed by atoms with van der Waals surface area (Å²) in [5.41, 5.74) is 4.79. The summed E-state index contributed by atoms with van der Waals surface area (Å²) in [5.74, 6) is 0.0919. The molecular formula is C21H20N4OS. The van der Waals surface area contributed by atoms with Gasteiger partial charge in [-0.05, 0) is 38.5 Å². The standard InChI is InChI=1S/C21H20N4OS/c1-13-8-4-7-11-18(13)25-12-22-24-21(25)27-15(3)20(26)19-14(2)23-17-10-6-5-9-16(17)19/h4-12,15,23H,1-3H3/t15-/m1/s1. The first-order valence-corrected chi connectivity index (χ1v) is 9.68. The molecule has 5 nitrogen and oxygen atoms in total. The molecule has 0 saturated carbocycles. The highest BCUT2D eigenvalue weighted by Gasteiger charge is 2.24. The summed E-state index contributed by atoms with van der Waals surface area (Å²) in [5, 5.41) is 9.69. The van der Waals surface area contributed by atoms with E-state index in [1.807, 2.05) is 73.9 Å². The van der Waals surface area contributed by atoms with Gasteiger partial charge >= 0.3 is 0 Å². The Balaban J connectivity index is 1.65. The van der Waals surface area contributed by atoms with Crippen molar-refractivity contribution >= 4 is 28.4 Å². The summed E-state index contributed by atoms with van der Waals surface area (Å²) < 4.78 is 1.94. The monoisotopic (exact) mass is 376 g/mol. The number of H-pyrrole nitrogens is 1. The largest absolute Gasteiger partial charge is 0.358 e. The van der Waals surface area contributed by atoms with Crippen molar-refractivity contribution in [3.05, 3.63) is 71.7 Å². The molecule has 0 spiro atoms. The van der Waals surface area contributed by atoms with E-state index >= 15 is 0 Å². The number of fused-ring (bicyclic) bond motifs is 1. The van der Waals surface area contributed by atoms with Crippen molar-refractivity contribution in [3.8, 4) is 5.69 Å². The van der Waals surface area contributed by atoms with Crippen LogP contribution in [-0.2, 0) is 0 Å².